The number of carbonyl (C=O) groups is 2. The lowest BCUT2D eigenvalue weighted by Gasteiger charge is -2.32. The number of hydrogen-bond acceptors (Lipinski definition) is 6. The average molecular weight is 610 g/mol. The molecule has 10 heteroatoms. The van der Waals surface area contributed by atoms with Crippen LogP contribution in [0.5, 0.6) is 11.5 Å². The minimum atomic E-state index is -4.25. The standard InChI is InChI=1S/C33H43N3O6S/c1-7-8-17-34-33(38)26(4)35(18-16-27-12-10-9-11-13-27)32(37)23-36(28-20-24(2)19-25(3)21-28)43(39,40)29-14-15-30(41-5)31(22-29)42-6/h9-15,19-22,26H,7-8,16-18,23H2,1-6H3,(H,34,38)/t26-/m1/s1. The molecule has 0 radical (unpaired) electrons. The van der Waals surface area contributed by atoms with Crippen LogP contribution in [0.3, 0.4) is 0 Å². The number of sulfonamides is 1. The van der Waals surface area contributed by atoms with Crippen molar-refractivity contribution in [2.45, 2.75) is 57.9 Å². The SMILES string of the molecule is CCCCNC(=O)[C@@H](C)N(CCc1ccccc1)C(=O)CN(c1cc(C)cc(C)c1)S(=O)(=O)c1ccc(OC)c(OC)c1. The molecule has 0 saturated carbocycles. The lowest BCUT2D eigenvalue weighted by Crippen LogP contribution is -2.52. The number of aryl methyl sites for hydroxylation is 2. The summed E-state index contributed by atoms with van der Waals surface area (Å²) in [6.07, 6.45) is 2.25. The first-order chi connectivity index (χ1) is 20.5. The molecule has 0 heterocycles. The van der Waals surface area contributed by atoms with E-state index in [-0.39, 0.29) is 23.1 Å². The Morgan fingerprint density at radius 2 is 1.56 bits per heavy atom. The normalized spacial score (nSPS) is 11.9. The quantitative estimate of drug-likeness (QED) is 0.246. The number of rotatable bonds is 15. The fraction of sp³-hybridized carbons (Fsp3) is 0.394. The summed E-state index contributed by atoms with van der Waals surface area (Å²) in [5.41, 5.74) is 3.05. The van der Waals surface area contributed by atoms with Crippen molar-refractivity contribution in [3.63, 3.8) is 0 Å². The van der Waals surface area contributed by atoms with Gasteiger partial charge in [-0.25, -0.2) is 8.42 Å². The van der Waals surface area contributed by atoms with E-state index in [2.05, 4.69) is 5.32 Å². The monoisotopic (exact) mass is 609 g/mol. The van der Waals surface area contributed by atoms with Gasteiger partial charge in [0.25, 0.3) is 10.0 Å². The minimum Gasteiger partial charge on any atom is -0.493 e. The van der Waals surface area contributed by atoms with E-state index in [1.54, 1.807) is 19.1 Å². The Morgan fingerprint density at radius 3 is 2.16 bits per heavy atom. The second kappa shape index (κ2) is 15.4. The first-order valence-corrected chi connectivity index (χ1v) is 15.9. The molecular formula is C33H43N3O6S. The Kier molecular flexibility index (Phi) is 12.0. The van der Waals surface area contributed by atoms with E-state index < -0.39 is 28.5 Å². The van der Waals surface area contributed by atoms with Crippen molar-refractivity contribution in [1.82, 2.24) is 10.2 Å². The van der Waals surface area contributed by atoms with Gasteiger partial charge in [-0.3, -0.25) is 13.9 Å². The van der Waals surface area contributed by atoms with Gasteiger partial charge in [-0.1, -0.05) is 49.7 Å². The summed E-state index contributed by atoms with van der Waals surface area (Å²) in [7, 11) is -1.36. The first-order valence-electron chi connectivity index (χ1n) is 14.5. The Hall–Kier alpha value is -4.05. The summed E-state index contributed by atoms with van der Waals surface area (Å²) in [5.74, 6) is -0.143. The Balaban J connectivity index is 2.03. The second-order valence-electron chi connectivity index (χ2n) is 10.5. The van der Waals surface area contributed by atoms with Crippen LogP contribution in [-0.2, 0) is 26.0 Å². The largest absolute Gasteiger partial charge is 0.493 e. The number of methoxy groups -OCH3 is 2. The predicted octanol–water partition coefficient (Wildman–Crippen LogP) is 4.89. The van der Waals surface area contributed by atoms with Gasteiger partial charge in [-0.05, 0) is 74.6 Å². The van der Waals surface area contributed by atoms with Crippen LogP contribution in [0.4, 0.5) is 5.69 Å². The highest BCUT2D eigenvalue weighted by atomic mass is 32.2. The molecule has 0 bridgehead atoms. The molecule has 1 atom stereocenters. The third-order valence-corrected chi connectivity index (χ3v) is 8.97. The van der Waals surface area contributed by atoms with Crippen LogP contribution in [-0.4, -0.2) is 65.0 Å². The molecule has 3 rings (SSSR count). The van der Waals surface area contributed by atoms with Gasteiger partial charge in [0.2, 0.25) is 11.8 Å². The summed E-state index contributed by atoms with van der Waals surface area (Å²) in [5, 5.41) is 2.91. The fourth-order valence-electron chi connectivity index (χ4n) is 4.83. The van der Waals surface area contributed by atoms with E-state index in [9.17, 15) is 18.0 Å². The highest BCUT2D eigenvalue weighted by molar-refractivity contribution is 7.92. The molecule has 43 heavy (non-hydrogen) atoms. The molecule has 0 aliphatic heterocycles. The summed E-state index contributed by atoms with van der Waals surface area (Å²) in [6, 6.07) is 18.6. The van der Waals surface area contributed by atoms with E-state index in [0.717, 1.165) is 33.8 Å². The van der Waals surface area contributed by atoms with Gasteiger partial charge < -0.3 is 19.7 Å². The van der Waals surface area contributed by atoms with Gasteiger partial charge >= 0.3 is 0 Å². The zero-order valence-electron chi connectivity index (χ0n) is 25.9. The molecule has 2 amide bonds. The van der Waals surface area contributed by atoms with Crippen LogP contribution in [0.2, 0.25) is 0 Å². The summed E-state index contributed by atoms with van der Waals surface area (Å²) < 4.78 is 40.2. The smallest absolute Gasteiger partial charge is 0.264 e. The molecule has 1 N–H and O–H groups in total. The van der Waals surface area contributed by atoms with Crippen molar-refractivity contribution in [3.8, 4) is 11.5 Å². The highest BCUT2D eigenvalue weighted by Crippen LogP contribution is 2.33. The molecule has 0 unspecified atom stereocenters. The van der Waals surface area contributed by atoms with Crippen LogP contribution >= 0.6 is 0 Å². The van der Waals surface area contributed by atoms with Gasteiger partial charge in [0.05, 0.1) is 24.8 Å². The highest BCUT2D eigenvalue weighted by Gasteiger charge is 2.33. The van der Waals surface area contributed by atoms with Crippen LogP contribution in [0.1, 0.15) is 43.4 Å². The van der Waals surface area contributed by atoms with E-state index in [0.29, 0.717) is 24.4 Å². The number of nitrogens with one attached hydrogen (secondary N) is 1. The molecule has 0 spiro atoms. The number of ether oxygens (including phenoxy) is 2. The predicted molar refractivity (Wildman–Crippen MR) is 169 cm³/mol. The first kappa shape index (κ1) is 33.5. The van der Waals surface area contributed by atoms with E-state index in [1.165, 1.54) is 37.3 Å². The zero-order chi connectivity index (χ0) is 31.6. The van der Waals surface area contributed by atoms with E-state index in [4.69, 9.17) is 9.47 Å². The average Bonchev–Trinajstić information content (AvgIpc) is 2.99. The van der Waals surface area contributed by atoms with Gasteiger partial charge in [-0.15, -0.1) is 0 Å². The number of nitrogens with zero attached hydrogens (tertiary/aromatic N) is 2. The van der Waals surface area contributed by atoms with Crippen molar-refractivity contribution < 1.29 is 27.5 Å². The molecule has 0 aliphatic carbocycles. The van der Waals surface area contributed by atoms with Gasteiger partial charge in [0, 0.05) is 19.2 Å². The number of anilines is 1. The van der Waals surface area contributed by atoms with Crippen molar-refractivity contribution in [2.24, 2.45) is 0 Å². The van der Waals surface area contributed by atoms with E-state index >= 15 is 0 Å². The summed E-state index contributed by atoms with van der Waals surface area (Å²) in [6.45, 7) is 7.69. The van der Waals surface area contributed by atoms with Crippen LogP contribution in [0.15, 0.2) is 71.6 Å². The Bertz CT molecular complexity index is 1470. The third kappa shape index (κ3) is 8.73. The van der Waals surface area contributed by atoms with Gasteiger partial charge in [0.15, 0.2) is 11.5 Å². The van der Waals surface area contributed by atoms with Gasteiger partial charge in [-0.2, -0.15) is 0 Å². The Morgan fingerprint density at radius 1 is 0.907 bits per heavy atom. The molecule has 3 aromatic rings. The molecule has 3 aromatic carbocycles. The molecule has 0 fully saturated rings. The van der Waals surface area contributed by atoms with Crippen LogP contribution in [0, 0.1) is 13.8 Å². The van der Waals surface area contributed by atoms with Crippen LogP contribution in [0.25, 0.3) is 0 Å². The molecule has 0 saturated heterocycles. The fourth-order valence-corrected chi connectivity index (χ4v) is 6.25. The maximum absolute atomic E-state index is 14.2. The Labute approximate surface area is 255 Å². The lowest BCUT2D eigenvalue weighted by atomic mass is 10.1. The number of unbranched alkanes of at least 4 members (excludes halogenated alkanes) is 1. The number of amides is 2. The maximum atomic E-state index is 14.2. The molecule has 232 valence electrons. The molecule has 0 aliphatic rings. The number of carbonyl (C=O) groups excluding carboxylic acids is 2. The summed E-state index contributed by atoms with van der Waals surface area (Å²) >= 11 is 0. The van der Waals surface area contributed by atoms with Crippen molar-refractivity contribution in [3.05, 3.63) is 83.4 Å². The second-order valence-corrected chi connectivity index (χ2v) is 12.4. The number of hydrogen-bond donors (Lipinski definition) is 1. The minimum absolute atomic E-state index is 0.0571. The third-order valence-electron chi connectivity index (χ3n) is 7.20. The summed E-state index contributed by atoms with van der Waals surface area (Å²) in [4.78, 5) is 28.6. The number of benzene rings is 3. The van der Waals surface area contributed by atoms with Crippen LogP contribution < -0.4 is 19.1 Å². The lowest BCUT2D eigenvalue weighted by molar-refractivity contribution is -0.138. The molecule has 0 aromatic heterocycles. The zero-order valence-corrected chi connectivity index (χ0v) is 26.7. The molecular weight excluding hydrogens is 566 g/mol. The van der Waals surface area contributed by atoms with Crippen molar-refractivity contribution in [2.75, 3.05) is 38.2 Å². The van der Waals surface area contributed by atoms with Crippen molar-refractivity contribution >= 4 is 27.5 Å². The van der Waals surface area contributed by atoms with Crippen molar-refractivity contribution in [1.29, 1.82) is 0 Å². The van der Waals surface area contributed by atoms with E-state index in [1.807, 2.05) is 57.2 Å². The van der Waals surface area contributed by atoms with Gasteiger partial charge in [0.1, 0.15) is 12.6 Å². The molecule has 9 nitrogen and oxygen atoms in total. The maximum Gasteiger partial charge on any atom is 0.264 e. The topological polar surface area (TPSA) is 105 Å².